The maximum Gasteiger partial charge on any atom is 0.166 e. The Balaban J connectivity index is 2.47. The van der Waals surface area contributed by atoms with Gasteiger partial charge in [-0.25, -0.2) is 4.39 Å². The van der Waals surface area contributed by atoms with Crippen LogP contribution < -0.4 is 9.47 Å². The van der Waals surface area contributed by atoms with Crippen molar-refractivity contribution in [2.75, 3.05) is 13.2 Å². The fourth-order valence-corrected chi connectivity index (χ4v) is 1.48. The van der Waals surface area contributed by atoms with Gasteiger partial charge < -0.3 is 14.6 Å². The molecule has 1 aromatic carbocycles. The zero-order valence-corrected chi connectivity index (χ0v) is 7.62. The number of aliphatic hydroxyl groups is 1. The molecule has 0 spiro atoms. The average Bonchev–Trinajstić information content (AvgIpc) is 2.27. The van der Waals surface area contributed by atoms with E-state index >= 15 is 0 Å². The molecule has 0 radical (unpaired) electrons. The Bertz CT molecular complexity index is 321. The molecule has 2 rings (SSSR count). The van der Waals surface area contributed by atoms with Crippen LogP contribution in [0, 0.1) is 0 Å². The van der Waals surface area contributed by atoms with Crippen molar-refractivity contribution in [2.24, 2.45) is 0 Å². The van der Waals surface area contributed by atoms with Crippen molar-refractivity contribution < 1.29 is 19.0 Å². The number of alkyl halides is 1. The van der Waals surface area contributed by atoms with E-state index in [1.807, 2.05) is 0 Å². The van der Waals surface area contributed by atoms with E-state index in [9.17, 15) is 4.39 Å². The Morgan fingerprint density at radius 2 is 2.07 bits per heavy atom. The minimum absolute atomic E-state index is 0.167. The maximum absolute atomic E-state index is 12.4. The van der Waals surface area contributed by atoms with Crippen LogP contribution in [0.15, 0.2) is 12.1 Å². The fraction of sp³-hybridized carbons (Fsp3) is 0.400. The van der Waals surface area contributed by atoms with Gasteiger partial charge in [-0.2, -0.15) is 0 Å². The van der Waals surface area contributed by atoms with Crippen molar-refractivity contribution in [3.63, 3.8) is 0 Å². The van der Waals surface area contributed by atoms with Gasteiger partial charge in [0, 0.05) is 5.56 Å². The maximum atomic E-state index is 12.4. The van der Waals surface area contributed by atoms with Crippen LogP contribution in [0.3, 0.4) is 0 Å². The van der Waals surface area contributed by atoms with Gasteiger partial charge in [-0.3, -0.25) is 0 Å². The molecular formula is C10H11FO3. The van der Waals surface area contributed by atoms with Crippen LogP contribution in [0.4, 0.5) is 4.39 Å². The molecule has 0 amide bonds. The molecule has 4 heteroatoms. The fourth-order valence-electron chi connectivity index (χ4n) is 1.48. The Kier molecular flexibility index (Phi) is 2.54. The summed E-state index contributed by atoms with van der Waals surface area (Å²) in [6.07, 6.45) is 0. The van der Waals surface area contributed by atoms with Gasteiger partial charge >= 0.3 is 0 Å². The molecule has 14 heavy (non-hydrogen) atoms. The minimum atomic E-state index is -0.566. The first-order chi connectivity index (χ1) is 6.85. The smallest absolute Gasteiger partial charge is 0.166 e. The van der Waals surface area contributed by atoms with E-state index in [0.29, 0.717) is 35.8 Å². The zero-order chi connectivity index (χ0) is 9.97. The van der Waals surface area contributed by atoms with Crippen LogP contribution in [-0.4, -0.2) is 18.3 Å². The lowest BCUT2D eigenvalue weighted by Crippen LogP contribution is -2.17. The van der Waals surface area contributed by atoms with Gasteiger partial charge in [-0.15, -0.1) is 0 Å². The van der Waals surface area contributed by atoms with E-state index < -0.39 is 6.67 Å². The van der Waals surface area contributed by atoms with Crippen molar-refractivity contribution in [3.05, 3.63) is 23.3 Å². The predicted octanol–water partition coefficient (Wildman–Crippen LogP) is 1.42. The summed E-state index contributed by atoms with van der Waals surface area (Å²) in [6.45, 7) is 0.200. The molecule has 0 saturated carbocycles. The molecule has 1 aliphatic rings. The summed E-state index contributed by atoms with van der Waals surface area (Å²) >= 11 is 0. The largest absolute Gasteiger partial charge is 0.486 e. The van der Waals surface area contributed by atoms with Crippen LogP contribution in [0.5, 0.6) is 11.5 Å². The van der Waals surface area contributed by atoms with Crippen LogP contribution in [0.2, 0.25) is 0 Å². The van der Waals surface area contributed by atoms with E-state index in [1.165, 1.54) is 0 Å². The highest BCUT2D eigenvalue weighted by Crippen LogP contribution is 2.35. The molecule has 0 saturated heterocycles. The molecule has 1 heterocycles. The number of rotatable bonds is 2. The molecule has 0 bridgehead atoms. The predicted molar refractivity (Wildman–Crippen MR) is 48.2 cm³/mol. The number of benzene rings is 1. The second-order valence-corrected chi connectivity index (χ2v) is 3.07. The first kappa shape index (κ1) is 9.27. The third kappa shape index (κ3) is 1.53. The molecule has 0 atom stereocenters. The lowest BCUT2D eigenvalue weighted by molar-refractivity contribution is 0.164. The molecule has 76 valence electrons. The van der Waals surface area contributed by atoms with Gasteiger partial charge in [0.1, 0.15) is 19.9 Å². The Morgan fingerprint density at radius 3 is 2.79 bits per heavy atom. The van der Waals surface area contributed by atoms with E-state index in [4.69, 9.17) is 14.6 Å². The number of hydrogen-bond acceptors (Lipinski definition) is 3. The molecule has 0 fully saturated rings. The van der Waals surface area contributed by atoms with Crippen molar-refractivity contribution in [1.29, 1.82) is 0 Å². The molecule has 0 aliphatic carbocycles. The SMILES string of the molecule is OCc1cc(CF)cc2c1OCCO2. The van der Waals surface area contributed by atoms with Gasteiger partial charge in [0.2, 0.25) is 0 Å². The normalized spacial score (nSPS) is 14.1. The third-order valence-electron chi connectivity index (χ3n) is 2.10. The van der Waals surface area contributed by atoms with Crippen molar-refractivity contribution in [1.82, 2.24) is 0 Å². The summed E-state index contributed by atoms with van der Waals surface area (Å²) in [5.41, 5.74) is 1.08. The first-order valence-corrected chi connectivity index (χ1v) is 4.43. The van der Waals surface area contributed by atoms with E-state index in [-0.39, 0.29) is 6.61 Å². The first-order valence-electron chi connectivity index (χ1n) is 4.43. The van der Waals surface area contributed by atoms with E-state index in [1.54, 1.807) is 12.1 Å². The molecule has 1 aliphatic heterocycles. The second-order valence-electron chi connectivity index (χ2n) is 3.07. The standard InChI is InChI=1S/C10H11FO3/c11-5-7-3-8(6-12)10-9(4-7)13-1-2-14-10/h3-4,12H,1-2,5-6H2. The summed E-state index contributed by atoms with van der Waals surface area (Å²) in [4.78, 5) is 0. The summed E-state index contributed by atoms with van der Waals surface area (Å²) in [6, 6.07) is 3.20. The Morgan fingerprint density at radius 1 is 1.29 bits per heavy atom. The Labute approximate surface area is 81.1 Å². The minimum Gasteiger partial charge on any atom is -0.486 e. The van der Waals surface area contributed by atoms with Gasteiger partial charge in [0.25, 0.3) is 0 Å². The third-order valence-corrected chi connectivity index (χ3v) is 2.10. The number of ether oxygens (including phenoxy) is 2. The van der Waals surface area contributed by atoms with Crippen LogP contribution >= 0.6 is 0 Å². The molecule has 1 aromatic rings. The summed E-state index contributed by atoms with van der Waals surface area (Å²) in [5, 5.41) is 9.06. The quantitative estimate of drug-likeness (QED) is 0.781. The van der Waals surface area contributed by atoms with Crippen LogP contribution in [0.25, 0.3) is 0 Å². The summed E-state index contributed by atoms with van der Waals surface area (Å²) < 4.78 is 23.1. The number of fused-ring (bicyclic) bond motifs is 1. The van der Waals surface area contributed by atoms with Crippen molar-refractivity contribution >= 4 is 0 Å². The average molecular weight is 198 g/mol. The van der Waals surface area contributed by atoms with Gasteiger partial charge in [-0.1, -0.05) is 0 Å². The summed E-state index contributed by atoms with van der Waals surface area (Å²) in [7, 11) is 0. The molecular weight excluding hydrogens is 187 g/mol. The molecule has 0 aromatic heterocycles. The topological polar surface area (TPSA) is 38.7 Å². The molecule has 3 nitrogen and oxygen atoms in total. The highest BCUT2D eigenvalue weighted by Gasteiger charge is 2.16. The van der Waals surface area contributed by atoms with Gasteiger partial charge in [-0.05, 0) is 17.7 Å². The van der Waals surface area contributed by atoms with Crippen LogP contribution in [0.1, 0.15) is 11.1 Å². The molecule has 0 unspecified atom stereocenters. The lowest BCUT2D eigenvalue weighted by atomic mass is 10.1. The lowest BCUT2D eigenvalue weighted by Gasteiger charge is -2.21. The number of halogens is 1. The van der Waals surface area contributed by atoms with Gasteiger partial charge in [0.05, 0.1) is 6.61 Å². The zero-order valence-electron chi connectivity index (χ0n) is 7.62. The van der Waals surface area contributed by atoms with Crippen molar-refractivity contribution in [2.45, 2.75) is 13.3 Å². The van der Waals surface area contributed by atoms with Crippen molar-refractivity contribution in [3.8, 4) is 11.5 Å². The highest BCUT2D eigenvalue weighted by molar-refractivity contribution is 5.49. The van der Waals surface area contributed by atoms with E-state index in [0.717, 1.165) is 0 Å². The van der Waals surface area contributed by atoms with E-state index in [2.05, 4.69) is 0 Å². The summed E-state index contributed by atoms with van der Waals surface area (Å²) in [5.74, 6) is 1.06. The number of hydrogen-bond donors (Lipinski definition) is 1. The van der Waals surface area contributed by atoms with Gasteiger partial charge in [0.15, 0.2) is 11.5 Å². The highest BCUT2D eigenvalue weighted by atomic mass is 19.1. The molecule has 1 N–H and O–H groups in total. The second kappa shape index (κ2) is 3.84. The van der Waals surface area contributed by atoms with Crippen LogP contribution in [-0.2, 0) is 13.3 Å². The number of aliphatic hydroxyl groups excluding tert-OH is 1. The monoisotopic (exact) mass is 198 g/mol. The Hall–Kier alpha value is -1.29.